The second-order valence-corrected chi connectivity index (χ2v) is 6.72. The van der Waals surface area contributed by atoms with E-state index in [9.17, 15) is 61.5 Å². The Balaban J connectivity index is 3.93. The fraction of sp³-hybridized carbons (Fsp3) is 0.625. The van der Waals surface area contributed by atoms with E-state index in [4.69, 9.17) is 0 Å². The molecule has 0 aromatic heterocycles. The quantitative estimate of drug-likeness (QED) is 0.379. The number of alkyl halides is 14. The van der Waals surface area contributed by atoms with Crippen LogP contribution in [0, 0.1) is 5.92 Å². The Morgan fingerprint density at radius 2 is 0.900 bits per heavy atom. The Labute approximate surface area is 159 Å². The number of hydrogen-bond acceptors (Lipinski definition) is 0. The zero-order chi connectivity index (χ0) is 24.1. The Kier molecular flexibility index (Phi) is 6.51. The highest BCUT2D eigenvalue weighted by Gasteiger charge is 2.76. The third kappa shape index (κ3) is 4.05. The number of rotatable bonds is 6. The molecule has 0 amide bonds. The second kappa shape index (κ2) is 7.43. The summed E-state index contributed by atoms with van der Waals surface area (Å²) in [7, 11) is 0. The van der Waals surface area contributed by atoms with Gasteiger partial charge in [0.2, 0.25) is 0 Å². The average molecular weight is 470 g/mol. The van der Waals surface area contributed by atoms with E-state index in [-0.39, 0.29) is 18.2 Å². The van der Waals surface area contributed by atoms with Crippen LogP contribution in [0.1, 0.15) is 30.5 Å². The van der Waals surface area contributed by atoms with E-state index in [1.807, 2.05) is 0 Å². The van der Waals surface area contributed by atoms with Crippen molar-refractivity contribution in [2.45, 2.75) is 56.3 Å². The van der Waals surface area contributed by atoms with Crippen LogP contribution in [0.3, 0.4) is 0 Å². The van der Waals surface area contributed by atoms with Crippen molar-refractivity contribution in [3.05, 3.63) is 34.9 Å². The van der Waals surface area contributed by atoms with Crippen molar-refractivity contribution in [3.8, 4) is 0 Å². The first-order valence-electron chi connectivity index (χ1n) is 7.81. The van der Waals surface area contributed by atoms with E-state index >= 15 is 0 Å². The summed E-state index contributed by atoms with van der Waals surface area (Å²) in [6, 6.07) is -0.361. The first-order valence-corrected chi connectivity index (χ1v) is 7.81. The van der Waals surface area contributed by atoms with Gasteiger partial charge in [0, 0.05) is 11.1 Å². The maximum absolute atomic E-state index is 14.1. The topological polar surface area (TPSA) is 0 Å². The molecule has 14 heteroatoms. The zero-order valence-corrected chi connectivity index (χ0v) is 14.8. The Bertz CT molecular complexity index is 698. The molecule has 30 heavy (non-hydrogen) atoms. The van der Waals surface area contributed by atoms with Crippen LogP contribution in [0.2, 0.25) is 0 Å². The highest BCUT2D eigenvalue weighted by atomic mass is 19.4. The molecular weight excluding hydrogens is 458 g/mol. The predicted octanol–water partition coefficient (Wildman–Crippen LogP) is 7.46. The fourth-order valence-corrected chi connectivity index (χ4v) is 2.50. The Morgan fingerprint density at radius 3 is 1.13 bits per heavy atom. The first-order chi connectivity index (χ1) is 13.0. The highest BCUT2D eigenvalue weighted by molar-refractivity contribution is 5.43. The predicted molar refractivity (Wildman–Crippen MR) is 74.8 cm³/mol. The van der Waals surface area contributed by atoms with E-state index in [1.54, 1.807) is 0 Å². The van der Waals surface area contributed by atoms with Crippen LogP contribution in [-0.4, -0.2) is 24.2 Å². The van der Waals surface area contributed by atoms with Crippen LogP contribution in [0.15, 0.2) is 18.2 Å². The SMILES string of the molecule is CC(C)Cc1c(C(F)(F)C(F)(F)C(F)(F)F)cccc1C(F)(F)C(F)(F)C(F)(F)F. The lowest BCUT2D eigenvalue weighted by molar-refractivity contribution is -0.361. The van der Waals surface area contributed by atoms with Gasteiger partial charge in [-0.15, -0.1) is 0 Å². The highest BCUT2D eigenvalue weighted by Crippen LogP contribution is 2.56. The smallest absolute Gasteiger partial charge is 0.194 e. The normalized spacial score (nSPS) is 15.1. The molecule has 0 spiro atoms. The molecule has 0 radical (unpaired) electrons. The summed E-state index contributed by atoms with van der Waals surface area (Å²) in [5.74, 6) is -27.3. The summed E-state index contributed by atoms with van der Waals surface area (Å²) >= 11 is 0. The summed E-state index contributed by atoms with van der Waals surface area (Å²) in [5, 5.41) is 0. The minimum Gasteiger partial charge on any atom is -0.194 e. The van der Waals surface area contributed by atoms with Crippen molar-refractivity contribution >= 4 is 0 Å². The van der Waals surface area contributed by atoms with Gasteiger partial charge in [0.1, 0.15) is 0 Å². The molecule has 174 valence electrons. The number of hydrogen-bond donors (Lipinski definition) is 0. The van der Waals surface area contributed by atoms with Gasteiger partial charge >= 0.3 is 36.0 Å². The third-order valence-electron chi connectivity index (χ3n) is 3.97. The van der Waals surface area contributed by atoms with Crippen LogP contribution >= 0.6 is 0 Å². The molecule has 0 atom stereocenters. The minimum atomic E-state index is -6.89. The zero-order valence-electron chi connectivity index (χ0n) is 14.8. The largest absolute Gasteiger partial charge is 0.460 e. The molecular formula is C16H12F14. The lowest BCUT2D eigenvalue weighted by Crippen LogP contribution is -2.52. The van der Waals surface area contributed by atoms with Gasteiger partial charge in [-0.3, -0.25) is 0 Å². The summed E-state index contributed by atoms with van der Waals surface area (Å²) in [4.78, 5) is 0. The molecule has 1 rings (SSSR count). The van der Waals surface area contributed by atoms with Gasteiger partial charge in [-0.05, 0) is 17.9 Å². The van der Waals surface area contributed by atoms with Crippen molar-refractivity contribution in [1.82, 2.24) is 0 Å². The molecule has 0 heterocycles. The molecule has 1 aromatic rings. The molecule has 0 saturated heterocycles. The summed E-state index contributed by atoms with van der Waals surface area (Å²) in [6.45, 7) is 2.11. The van der Waals surface area contributed by atoms with Gasteiger partial charge in [0.05, 0.1) is 0 Å². The van der Waals surface area contributed by atoms with Crippen LogP contribution in [0.4, 0.5) is 61.5 Å². The van der Waals surface area contributed by atoms with E-state index in [0.717, 1.165) is 13.8 Å². The lowest BCUT2D eigenvalue weighted by atomic mass is 9.85. The van der Waals surface area contributed by atoms with E-state index in [2.05, 4.69) is 0 Å². The standard InChI is InChI=1S/C16H12F14/c1-7(2)6-8-9(11(17,18)13(21,22)15(25,26)27)4-3-5-10(8)12(19,20)14(23,24)16(28,29)30/h3-5,7H,6H2,1-2H3. The molecule has 0 unspecified atom stereocenters. The third-order valence-corrected chi connectivity index (χ3v) is 3.97. The first kappa shape index (κ1) is 26.3. The monoisotopic (exact) mass is 470 g/mol. The van der Waals surface area contributed by atoms with Crippen molar-refractivity contribution < 1.29 is 61.5 Å². The van der Waals surface area contributed by atoms with Gasteiger partial charge < -0.3 is 0 Å². The number of halogens is 14. The van der Waals surface area contributed by atoms with Crippen LogP contribution < -0.4 is 0 Å². The van der Waals surface area contributed by atoms with E-state index < -0.39 is 65.1 Å². The molecule has 1 aromatic carbocycles. The van der Waals surface area contributed by atoms with Crippen molar-refractivity contribution in [2.75, 3.05) is 0 Å². The average Bonchev–Trinajstić information content (AvgIpc) is 2.51. The molecule has 0 aliphatic heterocycles. The van der Waals surface area contributed by atoms with Crippen LogP contribution in [-0.2, 0) is 18.3 Å². The molecule has 0 nitrogen and oxygen atoms in total. The fourth-order valence-electron chi connectivity index (χ4n) is 2.50. The number of benzene rings is 1. The maximum Gasteiger partial charge on any atom is 0.460 e. The molecule has 0 aliphatic carbocycles. The van der Waals surface area contributed by atoms with Gasteiger partial charge in [0.25, 0.3) is 0 Å². The minimum absolute atomic E-state index is 0.0325. The van der Waals surface area contributed by atoms with Gasteiger partial charge in [0.15, 0.2) is 0 Å². The van der Waals surface area contributed by atoms with Crippen molar-refractivity contribution in [2.24, 2.45) is 5.92 Å². The van der Waals surface area contributed by atoms with E-state index in [1.165, 1.54) is 0 Å². The Hall–Kier alpha value is -1.76. The second-order valence-electron chi connectivity index (χ2n) is 6.72. The molecule has 0 fully saturated rings. The van der Waals surface area contributed by atoms with Crippen LogP contribution in [0.25, 0.3) is 0 Å². The molecule has 0 saturated carbocycles. The lowest BCUT2D eigenvalue weighted by Gasteiger charge is -2.34. The van der Waals surface area contributed by atoms with Gasteiger partial charge in [-0.2, -0.15) is 61.5 Å². The van der Waals surface area contributed by atoms with Gasteiger partial charge in [-0.1, -0.05) is 32.0 Å². The molecule has 0 aliphatic rings. The molecule has 0 bridgehead atoms. The summed E-state index contributed by atoms with van der Waals surface area (Å²) < 4.78 is 185. The van der Waals surface area contributed by atoms with Crippen molar-refractivity contribution in [1.29, 1.82) is 0 Å². The van der Waals surface area contributed by atoms with Gasteiger partial charge in [-0.25, -0.2) is 0 Å². The van der Waals surface area contributed by atoms with Crippen LogP contribution in [0.5, 0.6) is 0 Å². The summed E-state index contributed by atoms with van der Waals surface area (Å²) in [6.07, 6.45) is -15.0. The Morgan fingerprint density at radius 1 is 0.600 bits per heavy atom. The molecule has 0 N–H and O–H groups in total. The summed E-state index contributed by atoms with van der Waals surface area (Å²) in [5.41, 5.74) is -6.74. The maximum atomic E-state index is 14.1. The van der Waals surface area contributed by atoms with Crippen molar-refractivity contribution in [3.63, 3.8) is 0 Å². The van der Waals surface area contributed by atoms with E-state index in [0.29, 0.717) is 0 Å².